The van der Waals surface area contributed by atoms with E-state index in [0.717, 1.165) is 38.8 Å². The second-order valence-electron chi connectivity index (χ2n) is 5.96. The van der Waals surface area contributed by atoms with Crippen LogP contribution in [0.2, 0.25) is 0 Å². The summed E-state index contributed by atoms with van der Waals surface area (Å²) < 4.78 is 37.0. The molecule has 1 N–H and O–H groups in total. The van der Waals surface area contributed by atoms with Crippen LogP contribution in [0.15, 0.2) is 0 Å². The lowest BCUT2D eigenvalue weighted by Crippen LogP contribution is -2.64. The van der Waals surface area contributed by atoms with Crippen LogP contribution >= 0.6 is 0 Å². The quantitative estimate of drug-likeness (QED) is 0.764. The molecule has 20 heavy (non-hydrogen) atoms. The molecule has 0 radical (unpaired) electrons. The molecular weight excluding hydrogens is 265 g/mol. The Hall–Kier alpha value is -0.290. The van der Waals surface area contributed by atoms with Gasteiger partial charge in [-0.25, -0.2) is 0 Å². The minimum atomic E-state index is -4.03. The van der Waals surface area contributed by atoms with Crippen molar-refractivity contribution < 1.29 is 13.2 Å². The van der Waals surface area contributed by atoms with Crippen LogP contribution in [0.3, 0.4) is 0 Å². The molecule has 1 aliphatic heterocycles. The highest BCUT2D eigenvalue weighted by Gasteiger charge is 2.38. The van der Waals surface area contributed by atoms with Crippen LogP contribution in [0.5, 0.6) is 0 Å². The highest BCUT2D eigenvalue weighted by atomic mass is 19.4. The summed E-state index contributed by atoms with van der Waals surface area (Å²) in [5, 5.41) is 3.59. The highest BCUT2D eigenvalue weighted by Crippen LogP contribution is 2.29. The van der Waals surface area contributed by atoms with Gasteiger partial charge in [-0.05, 0) is 32.2 Å². The van der Waals surface area contributed by atoms with Crippen LogP contribution in [0.4, 0.5) is 13.2 Å². The van der Waals surface area contributed by atoms with E-state index in [4.69, 9.17) is 0 Å². The summed E-state index contributed by atoms with van der Waals surface area (Å²) in [6.45, 7) is 8.77. The van der Waals surface area contributed by atoms with Crippen molar-refractivity contribution in [3.8, 4) is 0 Å². The molecule has 1 atom stereocenters. The van der Waals surface area contributed by atoms with Crippen molar-refractivity contribution in [2.45, 2.75) is 77.1 Å². The summed E-state index contributed by atoms with van der Waals surface area (Å²) in [4.78, 5) is 2.32. The van der Waals surface area contributed by atoms with Gasteiger partial charge >= 0.3 is 6.18 Å². The third-order valence-corrected chi connectivity index (χ3v) is 4.67. The SMILES string of the molecule is CCCC1CN(CCCC(F)(F)F)C(CC)(CC)CN1. The van der Waals surface area contributed by atoms with E-state index in [-0.39, 0.29) is 12.0 Å². The maximum absolute atomic E-state index is 12.3. The molecule has 1 fully saturated rings. The van der Waals surface area contributed by atoms with E-state index in [1.807, 2.05) is 0 Å². The Labute approximate surface area is 121 Å². The molecule has 1 saturated heterocycles. The van der Waals surface area contributed by atoms with Gasteiger partial charge in [0, 0.05) is 31.1 Å². The maximum Gasteiger partial charge on any atom is 0.389 e. The van der Waals surface area contributed by atoms with E-state index < -0.39 is 12.6 Å². The summed E-state index contributed by atoms with van der Waals surface area (Å²) >= 11 is 0. The van der Waals surface area contributed by atoms with Crippen LogP contribution in [0.25, 0.3) is 0 Å². The highest BCUT2D eigenvalue weighted by molar-refractivity contribution is 4.97. The van der Waals surface area contributed by atoms with Crippen LogP contribution < -0.4 is 5.32 Å². The first-order valence-corrected chi connectivity index (χ1v) is 7.92. The van der Waals surface area contributed by atoms with Crippen molar-refractivity contribution in [3.05, 3.63) is 0 Å². The summed E-state index contributed by atoms with van der Waals surface area (Å²) in [5.41, 5.74) is 0.0375. The average Bonchev–Trinajstić information content (AvgIpc) is 2.39. The number of nitrogens with one attached hydrogen (secondary N) is 1. The first-order valence-electron chi connectivity index (χ1n) is 7.92. The Kier molecular flexibility index (Phi) is 6.79. The normalized spacial score (nSPS) is 24.0. The van der Waals surface area contributed by atoms with Gasteiger partial charge in [0.05, 0.1) is 0 Å². The van der Waals surface area contributed by atoms with Crippen molar-refractivity contribution >= 4 is 0 Å². The van der Waals surface area contributed by atoms with Gasteiger partial charge in [0.1, 0.15) is 0 Å². The molecule has 0 aromatic rings. The predicted molar refractivity (Wildman–Crippen MR) is 76.9 cm³/mol. The van der Waals surface area contributed by atoms with E-state index in [1.54, 1.807) is 0 Å². The molecule has 0 amide bonds. The van der Waals surface area contributed by atoms with Crippen LogP contribution in [0, 0.1) is 0 Å². The van der Waals surface area contributed by atoms with Crippen molar-refractivity contribution in [1.82, 2.24) is 10.2 Å². The first-order chi connectivity index (χ1) is 9.37. The summed E-state index contributed by atoms with van der Waals surface area (Å²) in [6, 6.07) is 0.428. The third kappa shape index (κ3) is 4.92. The van der Waals surface area contributed by atoms with Gasteiger partial charge in [-0.1, -0.05) is 27.2 Å². The lowest BCUT2D eigenvalue weighted by atomic mass is 9.86. The molecule has 1 rings (SSSR count). The van der Waals surface area contributed by atoms with Gasteiger partial charge in [0.25, 0.3) is 0 Å². The van der Waals surface area contributed by atoms with E-state index in [2.05, 4.69) is 31.0 Å². The molecule has 1 aliphatic rings. The molecule has 120 valence electrons. The second-order valence-corrected chi connectivity index (χ2v) is 5.96. The van der Waals surface area contributed by atoms with Gasteiger partial charge in [-0.2, -0.15) is 13.2 Å². The molecule has 0 aromatic carbocycles. The predicted octanol–water partition coefficient (Wildman–Crippen LogP) is 3.96. The Morgan fingerprint density at radius 1 is 1.20 bits per heavy atom. The number of hydrogen-bond acceptors (Lipinski definition) is 2. The number of halogens is 3. The molecule has 1 unspecified atom stereocenters. The van der Waals surface area contributed by atoms with Gasteiger partial charge in [-0.3, -0.25) is 4.90 Å². The molecule has 0 aliphatic carbocycles. The zero-order valence-electron chi connectivity index (χ0n) is 13.0. The van der Waals surface area contributed by atoms with E-state index >= 15 is 0 Å². The minimum absolute atomic E-state index is 0.0375. The largest absolute Gasteiger partial charge is 0.389 e. The minimum Gasteiger partial charge on any atom is -0.311 e. The zero-order valence-corrected chi connectivity index (χ0v) is 13.0. The second kappa shape index (κ2) is 7.64. The molecule has 1 heterocycles. The molecule has 5 heteroatoms. The number of hydrogen-bond donors (Lipinski definition) is 1. The Balaban J connectivity index is 2.62. The fourth-order valence-corrected chi connectivity index (χ4v) is 3.26. The number of rotatable bonds is 7. The lowest BCUT2D eigenvalue weighted by molar-refractivity contribution is -0.137. The molecule has 0 aromatic heterocycles. The Bertz CT molecular complexity index is 275. The monoisotopic (exact) mass is 294 g/mol. The Morgan fingerprint density at radius 3 is 2.35 bits per heavy atom. The van der Waals surface area contributed by atoms with Crippen molar-refractivity contribution in [3.63, 3.8) is 0 Å². The summed E-state index contributed by atoms with van der Waals surface area (Å²) in [6.07, 6.45) is -0.303. The Morgan fingerprint density at radius 2 is 1.85 bits per heavy atom. The molecule has 0 bridgehead atoms. The van der Waals surface area contributed by atoms with Gasteiger partial charge in [-0.15, -0.1) is 0 Å². The van der Waals surface area contributed by atoms with Gasteiger partial charge in [0.2, 0.25) is 0 Å². The van der Waals surface area contributed by atoms with Gasteiger partial charge < -0.3 is 5.32 Å². The first kappa shape index (κ1) is 17.8. The van der Waals surface area contributed by atoms with Gasteiger partial charge in [0.15, 0.2) is 0 Å². The van der Waals surface area contributed by atoms with Crippen LogP contribution in [-0.2, 0) is 0 Å². The molecule has 0 spiro atoms. The van der Waals surface area contributed by atoms with E-state index in [0.29, 0.717) is 12.6 Å². The third-order valence-electron chi connectivity index (χ3n) is 4.67. The number of alkyl halides is 3. The summed E-state index contributed by atoms with van der Waals surface area (Å²) in [7, 11) is 0. The van der Waals surface area contributed by atoms with Crippen molar-refractivity contribution in [2.24, 2.45) is 0 Å². The summed E-state index contributed by atoms with van der Waals surface area (Å²) in [5.74, 6) is 0. The topological polar surface area (TPSA) is 15.3 Å². The zero-order chi connectivity index (χ0) is 15.2. The number of nitrogens with zero attached hydrogens (tertiary/aromatic N) is 1. The number of piperazine rings is 1. The fourth-order valence-electron chi connectivity index (χ4n) is 3.26. The lowest BCUT2D eigenvalue weighted by Gasteiger charge is -2.50. The smallest absolute Gasteiger partial charge is 0.311 e. The van der Waals surface area contributed by atoms with E-state index in [1.165, 1.54) is 0 Å². The van der Waals surface area contributed by atoms with Crippen molar-refractivity contribution in [1.29, 1.82) is 0 Å². The van der Waals surface area contributed by atoms with E-state index in [9.17, 15) is 13.2 Å². The molecular formula is C15H29F3N2. The van der Waals surface area contributed by atoms with Crippen LogP contribution in [-0.4, -0.2) is 42.3 Å². The fraction of sp³-hybridized carbons (Fsp3) is 1.00. The maximum atomic E-state index is 12.3. The standard InChI is InChI=1S/C15H29F3N2/c1-4-8-13-11-20(10-7-9-15(16,17)18)14(5-2,6-3)12-19-13/h13,19H,4-12H2,1-3H3. The average molecular weight is 294 g/mol. The molecule has 0 saturated carbocycles. The van der Waals surface area contributed by atoms with Crippen LogP contribution in [0.1, 0.15) is 59.3 Å². The molecule has 2 nitrogen and oxygen atoms in total. The van der Waals surface area contributed by atoms with Crippen molar-refractivity contribution in [2.75, 3.05) is 19.6 Å².